The van der Waals surface area contributed by atoms with Gasteiger partial charge in [-0.05, 0) is 45.4 Å². The molecule has 1 amide bonds. The van der Waals surface area contributed by atoms with Crippen molar-refractivity contribution in [3.05, 3.63) is 30.7 Å². The molecular formula is C17H25N7O. The molecule has 1 aliphatic rings. The maximum absolute atomic E-state index is 13.0. The van der Waals surface area contributed by atoms with Crippen LogP contribution in [0.2, 0.25) is 0 Å². The van der Waals surface area contributed by atoms with Gasteiger partial charge in [0.05, 0.1) is 18.1 Å². The fraction of sp³-hybridized carbons (Fsp3) is 0.588. The summed E-state index contributed by atoms with van der Waals surface area (Å²) < 4.78 is 1.63. The third-order valence-corrected chi connectivity index (χ3v) is 4.87. The van der Waals surface area contributed by atoms with Crippen molar-refractivity contribution in [2.75, 3.05) is 18.8 Å². The van der Waals surface area contributed by atoms with Gasteiger partial charge in [-0.15, -0.1) is 0 Å². The molecule has 3 rings (SSSR count). The molecule has 0 radical (unpaired) electrons. The molecule has 1 fully saturated rings. The van der Waals surface area contributed by atoms with Gasteiger partial charge in [-0.3, -0.25) is 9.78 Å². The average Bonchev–Trinajstić information content (AvgIpc) is 3.05. The predicted molar refractivity (Wildman–Crippen MR) is 93.4 cm³/mol. The minimum absolute atomic E-state index is 0.0888. The van der Waals surface area contributed by atoms with E-state index in [1.807, 2.05) is 18.7 Å². The van der Waals surface area contributed by atoms with Crippen molar-refractivity contribution in [1.29, 1.82) is 0 Å². The molecule has 8 heteroatoms. The SMILES string of the molecule is CC(C)(C(=O)N1CCC[C@@H](Cc2cnc(N)cn2)CC1)n1cncn1. The molecule has 2 aromatic rings. The lowest BCUT2D eigenvalue weighted by Gasteiger charge is -2.31. The van der Waals surface area contributed by atoms with Gasteiger partial charge in [0.2, 0.25) is 5.91 Å². The number of nitrogen functional groups attached to an aromatic ring is 1. The number of amides is 1. The average molecular weight is 343 g/mol. The zero-order valence-electron chi connectivity index (χ0n) is 14.8. The number of rotatable bonds is 4. The van der Waals surface area contributed by atoms with Crippen molar-refractivity contribution >= 4 is 11.7 Å². The van der Waals surface area contributed by atoms with Crippen LogP contribution in [0.3, 0.4) is 0 Å². The standard InChI is InChI=1S/C17H25N7O/c1-17(2,24-12-19-11-22-24)16(25)23-6-3-4-13(5-7-23)8-14-9-21-15(18)10-20-14/h9-13H,3-8H2,1-2H3,(H2,18,21)/t13-/m1/s1. The van der Waals surface area contributed by atoms with Crippen LogP contribution in [0.4, 0.5) is 5.82 Å². The molecule has 0 aliphatic carbocycles. The van der Waals surface area contributed by atoms with E-state index in [-0.39, 0.29) is 5.91 Å². The monoisotopic (exact) mass is 343 g/mol. The smallest absolute Gasteiger partial charge is 0.250 e. The fourth-order valence-electron chi connectivity index (χ4n) is 3.32. The maximum atomic E-state index is 13.0. The molecule has 0 aromatic carbocycles. The number of anilines is 1. The third kappa shape index (κ3) is 3.94. The van der Waals surface area contributed by atoms with E-state index in [1.54, 1.807) is 23.4 Å². The molecule has 1 saturated heterocycles. The number of hydrogen-bond donors (Lipinski definition) is 1. The van der Waals surface area contributed by atoms with Crippen LogP contribution in [0.1, 0.15) is 38.8 Å². The molecule has 0 unspecified atom stereocenters. The summed E-state index contributed by atoms with van der Waals surface area (Å²) in [7, 11) is 0. The van der Waals surface area contributed by atoms with Crippen molar-refractivity contribution < 1.29 is 4.79 Å². The Bertz CT molecular complexity index is 696. The highest BCUT2D eigenvalue weighted by atomic mass is 16.2. The van der Waals surface area contributed by atoms with Crippen LogP contribution < -0.4 is 5.73 Å². The first-order valence-corrected chi connectivity index (χ1v) is 8.67. The highest BCUT2D eigenvalue weighted by Gasteiger charge is 2.35. The molecule has 2 N–H and O–H groups in total. The lowest BCUT2D eigenvalue weighted by molar-refractivity contribution is -0.139. The molecule has 3 heterocycles. The Hall–Kier alpha value is -2.51. The number of nitrogens with two attached hydrogens (primary N) is 1. The number of aromatic nitrogens is 5. The van der Waals surface area contributed by atoms with Gasteiger partial charge >= 0.3 is 0 Å². The Labute approximate surface area is 147 Å². The summed E-state index contributed by atoms with van der Waals surface area (Å²) in [6, 6.07) is 0. The molecule has 0 spiro atoms. The summed E-state index contributed by atoms with van der Waals surface area (Å²) in [5.74, 6) is 1.04. The lowest BCUT2D eigenvalue weighted by atomic mass is 9.95. The molecule has 1 aliphatic heterocycles. The number of hydrogen-bond acceptors (Lipinski definition) is 6. The van der Waals surface area contributed by atoms with E-state index >= 15 is 0 Å². The van der Waals surface area contributed by atoms with E-state index in [4.69, 9.17) is 5.73 Å². The van der Waals surface area contributed by atoms with Crippen molar-refractivity contribution in [2.45, 2.75) is 45.1 Å². The first-order valence-electron chi connectivity index (χ1n) is 8.67. The van der Waals surface area contributed by atoms with Gasteiger partial charge in [-0.25, -0.2) is 14.6 Å². The molecule has 2 aromatic heterocycles. The Morgan fingerprint density at radius 3 is 2.80 bits per heavy atom. The van der Waals surface area contributed by atoms with E-state index in [0.29, 0.717) is 11.7 Å². The molecule has 134 valence electrons. The molecule has 0 saturated carbocycles. The van der Waals surface area contributed by atoms with Gasteiger partial charge in [0.1, 0.15) is 24.0 Å². The summed E-state index contributed by atoms with van der Waals surface area (Å²) in [5, 5.41) is 4.14. The number of likely N-dealkylation sites (tertiary alicyclic amines) is 1. The second kappa shape index (κ2) is 7.16. The molecule has 8 nitrogen and oxygen atoms in total. The first-order chi connectivity index (χ1) is 12.0. The molecule has 1 atom stereocenters. The van der Waals surface area contributed by atoms with Crippen molar-refractivity contribution in [1.82, 2.24) is 29.6 Å². The van der Waals surface area contributed by atoms with Crippen LogP contribution in [0, 0.1) is 5.92 Å². The van der Waals surface area contributed by atoms with Gasteiger partial charge in [0.25, 0.3) is 0 Å². The minimum Gasteiger partial charge on any atom is -0.382 e. The fourth-order valence-corrected chi connectivity index (χ4v) is 3.32. The summed E-state index contributed by atoms with van der Waals surface area (Å²) in [6.07, 6.45) is 10.3. The number of carbonyl (C=O) groups is 1. The highest BCUT2D eigenvalue weighted by Crippen LogP contribution is 2.24. The zero-order chi connectivity index (χ0) is 17.9. The summed E-state index contributed by atoms with van der Waals surface area (Å²) >= 11 is 0. The largest absolute Gasteiger partial charge is 0.382 e. The van der Waals surface area contributed by atoms with Crippen LogP contribution in [-0.2, 0) is 16.8 Å². The second-order valence-electron chi connectivity index (χ2n) is 7.12. The lowest BCUT2D eigenvalue weighted by Crippen LogP contribution is -2.47. The molecule has 25 heavy (non-hydrogen) atoms. The Kier molecular flexibility index (Phi) is 4.96. The van der Waals surface area contributed by atoms with Crippen molar-refractivity contribution in [3.63, 3.8) is 0 Å². The van der Waals surface area contributed by atoms with Crippen molar-refractivity contribution in [3.8, 4) is 0 Å². The van der Waals surface area contributed by atoms with E-state index in [1.165, 1.54) is 6.33 Å². The minimum atomic E-state index is -0.723. The summed E-state index contributed by atoms with van der Waals surface area (Å²) in [4.78, 5) is 27.3. The highest BCUT2D eigenvalue weighted by molar-refractivity contribution is 5.83. The summed E-state index contributed by atoms with van der Waals surface area (Å²) in [6.45, 7) is 5.30. The van der Waals surface area contributed by atoms with Crippen molar-refractivity contribution in [2.24, 2.45) is 5.92 Å². The maximum Gasteiger partial charge on any atom is 0.250 e. The van der Waals surface area contributed by atoms with Gasteiger partial charge in [-0.2, -0.15) is 5.10 Å². The van der Waals surface area contributed by atoms with Crippen LogP contribution >= 0.6 is 0 Å². The summed E-state index contributed by atoms with van der Waals surface area (Å²) in [5.41, 5.74) is 5.82. The van der Waals surface area contributed by atoms with Gasteiger partial charge in [0, 0.05) is 13.1 Å². The molecule has 0 bridgehead atoms. The molecular weight excluding hydrogens is 318 g/mol. The van der Waals surface area contributed by atoms with E-state index < -0.39 is 5.54 Å². The second-order valence-corrected chi connectivity index (χ2v) is 7.12. The van der Waals surface area contributed by atoms with E-state index in [2.05, 4.69) is 20.1 Å². The Balaban J connectivity index is 1.61. The third-order valence-electron chi connectivity index (χ3n) is 4.87. The van der Waals surface area contributed by atoms with Crippen LogP contribution in [0.15, 0.2) is 25.0 Å². The van der Waals surface area contributed by atoms with E-state index in [9.17, 15) is 4.79 Å². The quantitative estimate of drug-likeness (QED) is 0.896. The number of carbonyl (C=O) groups excluding carboxylic acids is 1. The van der Waals surface area contributed by atoms with Crippen LogP contribution in [0.5, 0.6) is 0 Å². The Morgan fingerprint density at radius 1 is 1.28 bits per heavy atom. The topological polar surface area (TPSA) is 103 Å². The Morgan fingerprint density at radius 2 is 2.12 bits per heavy atom. The van der Waals surface area contributed by atoms with E-state index in [0.717, 1.165) is 44.5 Å². The number of nitrogens with zero attached hydrogens (tertiary/aromatic N) is 6. The van der Waals surface area contributed by atoms with Gasteiger partial charge in [-0.1, -0.05) is 0 Å². The van der Waals surface area contributed by atoms with Gasteiger partial charge < -0.3 is 10.6 Å². The first kappa shape index (κ1) is 17.3. The van der Waals surface area contributed by atoms with Gasteiger partial charge in [0.15, 0.2) is 0 Å². The normalized spacial score (nSPS) is 18.8. The predicted octanol–water partition coefficient (Wildman–Crippen LogP) is 1.26. The van der Waals surface area contributed by atoms with Crippen LogP contribution in [-0.4, -0.2) is 48.6 Å². The zero-order valence-corrected chi connectivity index (χ0v) is 14.8. The van der Waals surface area contributed by atoms with Crippen LogP contribution in [0.25, 0.3) is 0 Å².